The molecule has 1 aromatic carbocycles. The fourth-order valence-corrected chi connectivity index (χ4v) is 3.83. The quantitative estimate of drug-likeness (QED) is 0.813. The van der Waals surface area contributed by atoms with E-state index in [0.717, 1.165) is 23.8 Å². The average Bonchev–Trinajstić information content (AvgIpc) is 2.95. The summed E-state index contributed by atoms with van der Waals surface area (Å²) in [6.45, 7) is 1.06. The van der Waals surface area contributed by atoms with Gasteiger partial charge in [0.05, 0.1) is 11.4 Å². The van der Waals surface area contributed by atoms with Crippen LogP contribution in [-0.4, -0.2) is 25.5 Å². The van der Waals surface area contributed by atoms with E-state index < -0.39 is 0 Å². The molecule has 3 N–H and O–H groups in total. The minimum Gasteiger partial charge on any atom is -0.397 e. The van der Waals surface area contributed by atoms with Crippen LogP contribution in [0.4, 0.5) is 11.4 Å². The molecule has 0 spiro atoms. The Morgan fingerprint density at radius 3 is 2.90 bits per heavy atom. The number of piperidine rings is 1. The molecular formula is C16H23N3O. The molecular weight excluding hydrogens is 250 g/mol. The Morgan fingerprint density at radius 2 is 2.10 bits per heavy atom. The van der Waals surface area contributed by atoms with E-state index in [2.05, 4.69) is 10.2 Å². The Labute approximate surface area is 120 Å². The van der Waals surface area contributed by atoms with E-state index in [1.54, 1.807) is 13.1 Å². The smallest absolute Gasteiger partial charge is 0.251 e. The highest BCUT2D eigenvalue weighted by Crippen LogP contribution is 2.40. The van der Waals surface area contributed by atoms with Crippen LogP contribution in [0.15, 0.2) is 18.2 Å². The first-order valence-corrected chi connectivity index (χ1v) is 7.59. The molecule has 4 heteroatoms. The summed E-state index contributed by atoms with van der Waals surface area (Å²) in [4.78, 5) is 14.3. The second-order valence-corrected chi connectivity index (χ2v) is 5.95. The van der Waals surface area contributed by atoms with Gasteiger partial charge in [-0.3, -0.25) is 4.79 Å². The Hall–Kier alpha value is -1.71. The Bertz CT molecular complexity index is 514. The molecule has 0 bridgehead atoms. The van der Waals surface area contributed by atoms with Crippen molar-refractivity contribution in [2.24, 2.45) is 5.92 Å². The lowest BCUT2D eigenvalue weighted by atomic mass is 9.91. The van der Waals surface area contributed by atoms with Gasteiger partial charge in [0.2, 0.25) is 0 Å². The number of carbonyl (C=O) groups excluding carboxylic acids is 1. The number of amides is 1. The maximum Gasteiger partial charge on any atom is 0.251 e. The van der Waals surface area contributed by atoms with Crippen molar-refractivity contribution >= 4 is 17.3 Å². The molecule has 1 saturated heterocycles. The van der Waals surface area contributed by atoms with E-state index in [9.17, 15) is 4.79 Å². The monoisotopic (exact) mass is 273 g/mol. The number of fused-ring (bicyclic) bond motifs is 1. The van der Waals surface area contributed by atoms with Crippen LogP contribution < -0.4 is 16.0 Å². The summed E-state index contributed by atoms with van der Waals surface area (Å²) >= 11 is 0. The van der Waals surface area contributed by atoms with Crippen LogP contribution in [0.25, 0.3) is 0 Å². The SMILES string of the molecule is CNC(=O)c1ccc(N)c(N2CCCC3CCCC32)c1. The number of carbonyl (C=O) groups is 1. The van der Waals surface area contributed by atoms with Crippen molar-refractivity contribution in [2.45, 2.75) is 38.1 Å². The van der Waals surface area contributed by atoms with E-state index in [-0.39, 0.29) is 5.91 Å². The first kappa shape index (κ1) is 13.3. The second-order valence-electron chi connectivity index (χ2n) is 5.95. The van der Waals surface area contributed by atoms with Crippen LogP contribution in [0.1, 0.15) is 42.5 Å². The predicted octanol–water partition coefficient (Wildman–Crippen LogP) is 2.40. The van der Waals surface area contributed by atoms with Crippen LogP contribution >= 0.6 is 0 Å². The fourth-order valence-electron chi connectivity index (χ4n) is 3.83. The van der Waals surface area contributed by atoms with Gasteiger partial charge in [0.1, 0.15) is 0 Å². The van der Waals surface area contributed by atoms with Gasteiger partial charge in [-0.2, -0.15) is 0 Å². The molecule has 2 aliphatic rings. The standard InChI is InChI=1S/C16H23N3O/c1-18-16(20)12-7-8-13(17)15(10-12)19-9-3-5-11-4-2-6-14(11)19/h7-8,10-11,14H,2-6,9,17H2,1H3,(H,18,20). The number of nitrogen functional groups attached to an aromatic ring is 1. The number of anilines is 2. The molecule has 2 fully saturated rings. The predicted molar refractivity (Wildman–Crippen MR) is 82.0 cm³/mol. The molecule has 4 nitrogen and oxygen atoms in total. The number of nitrogens with one attached hydrogen (secondary N) is 1. The van der Waals surface area contributed by atoms with Crippen LogP contribution in [0, 0.1) is 5.92 Å². The van der Waals surface area contributed by atoms with Gasteiger partial charge in [-0.05, 0) is 49.8 Å². The molecule has 3 rings (SSSR count). The van der Waals surface area contributed by atoms with Gasteiger partial charge in [0, 0.05) is 25.2 Å². The summed E-state index contributed by atoms with van der Waals surface area (Å²) in [5, 5.41) is 2.68. The molecule has 1 aliphatic carbocycles. The molecule has 1 aliphatic heterocycles. The number of hydrogen-bond donors (Lipinski definition) is 2. The third-order valence-electron chi connectivity index (χ3n) is 4.82. The van der Waals surface area contributed by atoms with Gasteiger partial charge in [0.15, 0.2) is 0 Å². The second kappa shape index (κ2) is 5.35. The van der Waals surface area contributed by atoms with Crippen LogP contribution in [0.5, 0.6) is 0 Å². The third-order valence-corrected chi connectivity index (χ3v) is 4.82. The molecule has 2 atom stereocenters. The van der Waals surface area contributed by atoms with Crippen molar-refractivity contribution in [1.82, 2.24) is 5.32 Å². The first-order chi connectivity index (χ1) is 9.70. The van der Waals surface area contributed by atoms with Crippen molar-refractivity contribution in [1.29, 1.82) is 0 Å². The van der Waals surface area contributed by atoms with Gasteiger partial charge in [-0.1, -0.05) is 6.42 Å². The molecule has 2 unspecified atom stereocenters. The number of hydrogen-bond acceptors (Lipinski definition) is 3. The molecule has 1 amide bonds. The number of nitrogens with zero attached hydrogens (tertiary/aromatic N) is 1. The number of nitrogens with two attached hydrogens (primary N) is 1. The van der Waals surface area contributed by atoms with Crippen molar-refractivity contribution in [2.75, 3.05) is 24.2 Å². The van der Waals surface area contributed by atoms with Crippen molar-refractivity contribution < 1.29 is 4.79 Å². The average molecular weight is 273 g/mol. The topological polar surface area (TPSA) is 58.4 Å². The summed E-state index contributed by atoms with van der Waals surface area (Å²) in [7, 11) is 1.66. The van der Waals surface area contributed by atoms with E-state index >= 15 is 0 Å². The Morgan fingerprint density at radius 1 is 1.30 bits per heavy atom. The van der Waals surface area contributed by atoms with Crippen LogP contribution in [-0.2, 0) is 0 Å². The van der Waals surface area contributed by atoms with Crippen molar-refractivity contribution in [3.8, 4) is 0 Å². The van der Waals surface area contributed by atoms with Gasteiger partial charge in [-0.25, -0.2) is 0 Å². The van der Waals surface area contributed by atoms with Gasteiger partial charge >= 0.3 is 0 Å². The zero-order chi connectivity index (χ0) is 14.1. The largest absolute Gasteiger partial charge is 0.397 e. The summed E-state index contributed by atoms with van der Waals surface area (Å²) in [6.07, 6.45) is 6.49. The lowest BCUT2D eigenvalue weighted by molar-refractivity contribution is 0.0963. The minimum absolute atomic E-state index is 0.0498. The summed E-state index contributed by atoms with van der Waals surface area (Å²) < 4.78 is 0. The van der Waals surface area contributed by atoms with Gasteiger partial charge in [0.25, 0.3) is 5.91 Å². The molecule has 20 heavy (non-hydrogen) atoms. The van der Waals surface area contributed by atoms with Gasteiger partial charge in [-0.15, -0.1) is 0 Å². The highest BCUT2D eigenvalue weighted by Gasteiger charge is 2.35. The normalized spacial score (nSPS) is 25.4. The molecule has 1 aromatic rings. The summed E-state index contributed by atoms with van der Waals surface area (Å²) in [5.41, 5.74) is 8.69. The molecule has 1 heterocycles. The van der Waals surface area contributed by atoms with E-state index in [1.807, 2.05) is 12.1 Å². The molecule has 1 saturated carbocycles. The fraction of sp³-hybridized carbons (Fsp3) is 0.562. The van der Waals surface area contributed by atoms with E-state index in [0.29, 0.717) is 11.6 Å². The molecule has 108 valence electrons. The summed E-state index contributed by atoms with van der Waals surface area (Å²) in [5.74, 6) is 0.762. The Balaban J connectivity index is 1.93. The van der Waals surface area contributed by atoms with Gasteiger partial charge < -0.3 is 16.0 Å². The molecule has 0 radical (unpaired) electrons. The summed E-state index contributed by atoms with van der Waals surface area (Å²) in [6, 6.07) is 6.23. The third kappa shape index (κ3) is 2.23. The first-order valence-electron chi connectivity index (χ1n) is 7.59. The Kier molecular flexibility index (Phi) is 3.55. The molecule has 0 aromatic heterocycles. The van der Waals surface area contributed by atoms with Crippen LogP contribution in [0.2, 0.25) is 0 Å². The van der Waals surface area contributed by atoms with E-state index in [1.165, 1.54) is 32.1 Å². The zero-order valence-corrected chi connectivity index (χ0v) is 12.1. The maximum atomic E-state index is 11.8. The number of benzene rings is 1. The highest BCUT2D eigenvalue weighted by molar-refractivity contribution is 5.96. The van der Waals surface area contributed by atoms with Crippen molar-refractivity contribution in [3.63, 3.8) is 0 Å². The zero-order valence-electron chi connectivity index (χ0n) is 12.1. The minimum atomic E-state index is -0.0498. The number of rotatable bonds is 2. The highest BCUT2D eigenvalue weighted by atomic mass is 16.1. The van der Waals surface area contributed by atoms with Crippen molar-refractivity contribution in [3.05, 3.63) is 23.8 Å². The lowest BCUT2D eigenvalue weighted by Crippen LogP contribution is -2.43. The van der Waals surface area contributed by atoms with E-state index in [4.69, 9.17) is 5.73 Å². The lowest BCUT2D eigenvalue weighted by Gasteiger charge is -2.40. The maximum absolute atomic E-state index is 11.8. The van der Waals surface area contributed by atoms with Crippen LogP contribution in [0.3, 0.4) is 0 Å².